The number of halogens is 2. The topological polar surface area (TPSA) is 115 Å². The van der Waals surface area contributed by atoms with Gasteiger partial charge in [-0.2, -0.15) is 5.21 Å². The number of aromatic nitrogens is 4. The van der Waals surface area contributed by atoms with Gasteiger partial charge < -0.3 is 0 Å². The van der Waals surface area contributed by atoms with E-state index < -0.39 is 15.4 Å². The zero-order valence-electron chi connectivity index (χ0n) is 16.3. The van der Waals surface area contributed by atoms with Crippen molar-refractivity contribution in [1.82, 2.24) is 20.6 Å². The van der Waals surface area contributed by atoms with E-state index >= 15 is 0 Å². The SMILES string of the molecule is NS(=O)(=O)C1=CC=C(Cl)C(Cc2ccc(-c3nn[nH]n3)cc2)(Cc2ccccc2Cl)C1. The maximum Gasteiger partial charge on any atom is 0.234 e. The molecule has 1 aromatic heterocycles. The quantitative estimate of drug-likeness (QED) is 0.558. The first kappa shape index (κ1) is 21.7. The lowest BCUT2D eigenvalue weighted by molar-refractivity contribution is 0.362. The fourth-order valence-corrected chi connectivity index (χ4v) is 5.03. The number of benzene rings is 2. The van der Waals surface area contributed by atoms with Crippen molar-refractivity contribution in [2.75, 3.05) is 0 Å². The van der Waals surface area contributed by atoms with E-state index in [2.05, 4.69) is 20.6 Å². The molecule has 7 nitrogen and oxygen atoms in total. The monoisotopic (exact) mass is 475 g/mol. The first-order valence-electron chi connectivity index (χ1n) is 9.43. The molecule has 0 radical (unpaired) electrons. The van der Waals surface area contributed by atoms with E-state index in [-0.39, 0.29) is 11.3 Å². The van der Waals surface area contributed by atoms with Gasteiger partial charge in [-0.1, -0.05) is 65.7 Å². The molecule has 1 aliphatic carbocycles. The number of allylic oxidation sites excluding steroid dienone is 4. The highest BCUT2D eigenvalue weighted by Crippen LogP contribution is 2.47. The third-order valence-corrected chi connectivity index (χ3v) is 7.29. The van der Waals surface area contributed by atoms with Crippen LogP contribution in [0.2, 0.25) is 5.02 Å². The molecule has 2 aromatic carbocycles. The predicted octanol–water partition coefficient (Wildman–Crippen LogP) is 3.99. The van der Waals surface area contributed by atoms with E-state index in [1.54, 1.807) is 12.1 Å². The highest BCUT2D eigenvalue weighted by atomic mass is 35.5. The molecule has 3 aromatic rings. The second-order valence-electron chi connectivity index (χ2n) is 7.53. The van der Waals surface area contributed by atoms with Crippen LogP contribution in [-0.2, 0) is 22.9 Å². The van der Waals surface area contributed by atoms with Crippen molar-refractivity contribution in [3.05, 3.63) is 86.8 Å². The number of nitrogens with zero attached hydrogens (tertiary/aromatic N) is 3. The van der Waals surface area contributed by atoms with Gasteiger partial charge in [0.25, 0.3) is 0 Å². The van der Waals surface area contributed by atoms with Gasteiger partial charge in [-0.05, 0) is 53.8 Å². The molecule has 1 unspecified atom stereocenters. The Morgan fingerprint density at radius 3 is 2.42 bits per heavy atom. The number of nitrogens with one attached hydrogen (secondary N) is 1. The van der Waals surface area contributed by atoms with Crippen molar-refractivity contribution >= 4 is 33.2 Å². The van der Waals surface area contributed by atoms with Crippen LogP contribution in [0.4, 0.5) is 0 Å². The highest BCUT2D eigenvalue weighted by Gasteiger charge is 2.39. The molecule has 3 N–H and O–H groups in total. The van der Waals surface area contributed by atoms with Crippen LogP contribution >= 0.6 is 23.2 Å². The number of sulfonamides is 1. The van der Waals surface area contributed by atoms with Crippen molar-refractivity contribution < 1.29 is 8.42 Å². The average molecular weight is 476 g/mol. The highest BCUT2D eigenvalue weighted by molar-refractivity contribution is 7.93. The summed E-state index contributed by atoms with van der Waals surface area (Å²) in [5.74, 6) is 0.493. The molecule has 4 rings (SSSR count). The minimum atomic E-state index is -3.85. The minimum Gasteiger partial charge on any atom is -0.225 e. The van der Waals surface area contributed by atoms with Gasteiger partial charge in [0, 0.05) is 21.0 Å². The molecule has 1 atom stereocenters. The summed E-state index contributed by atoms with van der Waals surface area (Å²) in [5.41, 5.74) is 1.96. The standard InChI is InChI=1S/C21H19Cl2N5O2S/c22-18-4-2-1-3-16(18)12-21(13-17(31(24,29)30)9-10-19(21)23)11-14-5-7-15(8-6-14)20-25-27-28-26-20/h1-10H,11-13H2,(H2,24,29,30)(H,25,26,27,28). The number of rotatable bonds is 6. The van der Waals surface area contributed by atoms with Crippen molar-refractivity contribution in [2.24, 2.45) is 10.6 Å². The van der Waals surface area contributed by atoms with Gasteiger partial charge in [0.2, 0.25) is 15.8 Å². The van der Waals surface area contributed by atoms with Crippen LogP contribution in [0.5, 0.6) is 0 Å². The number of tetrazole rings is 1. The van der Waals surface area contributed by atoms with Gasteiger partial charge >= 0.3 is 0 Å². The van der Waals surface area contributed by atoms with Crippen molar-refractivity contribution in [3.63, 3.8) is 0 Å². The Morgan fingerprint density at radius 1 is 1.03 bits per heavy atom. The molecule has 0 bridgehead atoms. The summed E-state index contributed by atoms with van der Waals surface area (Å²) in [6.45, 7) is 0. The number of nitrogens with two attached hydrogens (primary N) is 1. The van der Waals surface area contributed by atoms with Crippen molar-refractivity contribution in [3.8, 4) is 11.4 Å². The number of aromatic amines is 1. The van der Waals surface area contributed by atoms with Crippen LogP contribution in [0, 0.1) is 5.41 Å². The third-order valence-electron chi connectivity index (χ3n) is 5.39. The normalized spacial score (nSPS) is 19.1. The Balaban J connectivity index is 1.72. The van der Waals surface area contributed by atoms with Crippen LogP contribution in [0.25, 0.3) is 11.4 Å². The molecule has 0 fully saturated rings. The van der Waals surface area contributed by atoms with Gasteiger partial charge in [0.05, 0.1) is 4.91 Å². The first-order valence-corrected chi connectivity index (χ1v) is 11.7. The predicted molar refractivity (Wildman–Crippen MR) is 121 cm³/mol. The minimum absolute atomic E-state index is 0.146. The van der Waals surface area contributed by atoms with Gasteiger partial charge in [-0.25, -0.2) is 13.6 Å². The molecule has 0 saturated carbocycles. The molecule has 160 valence electrons. The summed E-state index contributed by atoms with van der Waals surface area (Å²) in [5, 5.41) is 20.6. The number of H-pyrrole nitrogens is 1. The van der Waals surface area contributed by atoms with Crippen LogP contribution in [-0.4, -0.2) is 29.0 Å². The van der Waals surface area contributed by atoms with E-state index in [1.165, 1.54) is 6.08 Å². The van der Waals surface area contributed by atoms with Crippen LogP contribution in [0.3, 0.4) is 0 Å². The maximum atomic E-state index is 12.1. The van der Waals surface area contributed by atoms with E-state index in [9.17, 15) is 8.42 Å². The Morgan fingerprint density at radius 2 is 1.77 bits per heavy atom. The number of hydrogen-bond donors (Lipinski definition) is 2. The molecular formula is C21H19Cl2N5O2S. The fourth-order valence-electron chi connectivity index (χ4n) is 3.82. The summed E-state index contributed by atoms with van der Waals surface area (Å²) in [6, 6.07) is 15.1. The summed E-state index contributed by atoms with van der Waals surface area (Å²) in [6.07, 6.45) is 4.23. The summed E-state index contributed by atoms with van der Waals surface area (Å²) >= 11 is 13.1. The molecule has 1 heterocycles. The molecule has 31 heavy (non-hydrogen) atoms. The molecule has 0 aliphatic heterocycles. The molecular weight excluding hydrogens is 457 g/mol. The lowest BCUT2D eigenvalue weighted by atomic mass is 9.72. The summed E-state index contributed by atoms with van der Waals surface area (Å²) in [7, 11) is -3.85. The van der Waals surface area contributed by atoms with Crippen molar-refractivity contribution in [2.45, 2.75) is 19.3 Å². The Labute approximate surface area is 190 Å². The number of hydrogen-bond acceptors (Lipinski definition) is 5. The zero-order valence-corrected chi connectivity index (χ0v) is 18.6. The average Bonchev–Trinajstić information content (AvgIpc) is 3.26. The lowest BCUT2D eigenvalue weighted by Gasteiger charge is -2.37. The molecule has 1 aliphatic rings. The van der Waals surface area contributed by atoms with Gasteiger partial charge in [-0.15, -0.1) is 10.2 Å². The lowest BCUT2D eigenvalue weighted by Crippen LogP contribution is -2.32. The Bertz CT molecular complexity index is 1260. The second kappa shape index (κ2) is 8.55. The van der Waals surface area contributed by atoms with Gasteiger partial charge in [0.15, 0.2) is 0 Å². The first-order chi connectivity index (χ1) is 14.8. The number of primary sulfonamides is 1. The maximum absolute atomic E-state index is 12.1. The zero-order chi connectivity index (χ0) is 22.1. The third kappa shape index (κ3) is 4.72. The Kier molecular flexibility index (Phi) is 5.98. The van der Waals surface area contributed by atoms with Crippen LogP contribution in [0.15, 0.2) is 70.6 Å². The van der Waals surface area contributed by atoms with E-state index in [4.69, 9.17) is 28.3 Å². The fraction of sp³-hybridized carbons (Fsp3) is 0.190. The second-order valence-corrected chi connectivity index (χ2v) is 9.96. The Hall–Kier alpha value is -2.52. The van der Waals surface area contributed by atoms with Gasteiger partial charge in [-0.3, -0.25) is 0 Å². The molecule has 0 saturated heterocycles. The molecule has 0 amide bonds. The van der Waals surface area contributed by atoms with Crippen molar-refractivity contribution in [1.29, 1.82) is 0 Å². The van der Waals surface area contributed by atoms with Crippen LogP contribution < -0.4 is 5.14 Å². The van der Waals surface area contributed by atoms with Gasteiger partial charge in [0.1, 0.15) is 0 Å². The van der Waals surface area contributed by atoms with E-state index in [1.807, 2.05) is 42.5 Å². The molecule has 10 heteroatoms. The van der Waals surface area contributed by atoms with E-state index in [0.717, 1.165) is 16.7 Å². The molecule has 0 spiro atoms. The largest absolute Gasteiger partial charge is 0.234 e. The van der Waals surface area contributed by atoms with Crippen LogP contribution in [0.1, 0.15) is 17.5 Å². The summed E-state index contributed by atoms with van der Waals surface area (Å²) < 4.78 is 24.2. The summed E-state index contributed by atoms with van der Waals surface area (Å²) in [4.78, 5) is 0.146. The smallest absolute Gasteiger partial charge is 0.225 e. The van der Waals surface area contributed by atoms with E-state index in [0.29, 0.717) is 28.7 Å².